The van der Waals surface area contributed by atoms with Gasteiger partial charge < -0.3 is 19.6 Å². The molecule has 10 aromatic rings. The second-order valence-electron chi connectivity index (χ2n) is 23.2. The first-order valence-corrected chi connectivity index (χ1v) is 28.4. The quantitative estimate of drug-likeness (QED) is 0.107. The Morgan fingerprint density at radius 3 is 1.00 bits per heavy atom. The lowest BCUT2D eigenvalue weighted by molar-refractivity contribution is 0.866. The van der Waals surface area contributed by atoms with Gasteiger partial charge in [-0.05, 0) is 194 Å². The summed E-state index contributed by atoms with van der Waals surface area (Å²) < 4.78 is 0. The maximum absolute atomic E-state index is 2.55. The zero-order valence-electron chi connectivity index (χ0n) is 47.0. The predicted molar refractivity (Wildman–Crippen MR) is 338 cm³/mol. The number of hydrogen-bond acceptors (Lipinski definition) is 4. The summed E-state index contributed by atoms with van der Waals surface area (Å²) in [5.74, 6) is 2.15. The van der Waals surface area contributed by atoms with E-state index >= 15 is 0 Å². The normalized spacial score (nSPS) is 12.7. The van der Waals surface area contributed by atoms with E-state index in [0.717, 1.165) is 45.5 Å². The molecule has 0 N–H and O–H groups in total. The van der Waals surface area contributed by atoms with Gasteiger partial charge in [-0.3, -0.25) is 0 Å². The largest absolute Gasteiger partial charge is 0.311 e. The van der Waals surface area contributed by atoms with Gasteiger partial charge in [-0.15, -0.1) is 0 Å². The van der Waals surface area contributed by atoms with E-state index in [1.807, 2.05) is 0 Å². The van der Waals surface area contributed by atoms with E-state index in [-0.39, 0.29) is 6.71 Å². The number of benzene rings is 10. The van der Waals surface area contributed by atoms with Gasteiger partial charge in [0, 0.05) is 68.2 Å². The van der Waals surface area contributed by atoms with Gasteiger partial charge in [0.15, 0.2) is 0 Å². The third kappa shape index (κ3) is 9.13. The summed E-state index contributed by atoms with van der Waals surface area (Å²) in [4.78, 5) is 9.98. The van der Waals surface area contributed by atoms with Crippen LogP contribution in [0, 0.1) is 0 Å². The van der Waals surface area contributed by atoms with Gasteiger partial charge in [-0.25, -0.2) is 0 Å². The van der Waals surface area contributed by atoms with Crippen LogP contribution in [0.1, 0.15) is 127 Å². The Morgan fingerprint density at radius 2 is 0.615 bits per heavy atom. The first-order valence-electron chi connectivity index (χ1n) is 28.4. The summed E-state index contributed by atoms with van der Waals surface area (Å²) in [6.07, 6.45) is 0. The van der Waals surface area contributed by atoms with Gasteiger partial charge in [0.05, 0.1) is 0 Å². The molecule has 2 heterocycles. The Balaban J connectivity index is 1.10. The molecule has 0 fully saturated rings. The van der Waals surface area contributed by atoms with Crippen LogP contribution in [0.15, 0.2) is 218 Å². The molecule has 0 saturated heterocycles. The smallest absolute Gasteiger partial charge is 0.252 e. The van der Waals surface area contributed by atoms with Gasteiger partial charge in [0.1, 0.15) is 0 Å². The lowest BCUT2D eigenvalue weighted by atomic mass is 9.33. The lowest BCUT2D eigenvalue weighted by Crippen LogP contribution is -2.61. The molecule has 0 aromatic heterocycles. The van der Waals surface area contributed by atoms with Crippen molar-refractivity contribution in [3.05, 3.63) is 246 Å². The fourth-order valence-corrected chi connectivity index (χ4v) is 12.0. The molecule has 0 unspecified atom stereocenters. The minimum atomic E-state index is -0.0691. The number of fused-ring (bicyclic) bond motifs is 5. The summed E-state index contributed by atoms with van der Waals surface area (Å²) in [6.45, 7) is 22.6. The van der Waals surface area contributed by atoms with Crippen LogP contribution in [-0.2, 0) is 0 Å². The third-order valence-corrected chi connectivity index (χ3v) is 16.6. The summed E-state index contributed by atoms with van der Waals surface area (Å²) in [7, 11) is 0. The maximum Gasteiger partial charge on any atom is 0.252 e. The van der Waals surface area contributed by atoms with Gasteiger partial charge in [0.25, 0.3) is 6.71 Å². The Hall–Kier alpha value is -8.28. The van der Waals surface area contributed by atoms with Crippen LogP contribution in [0.25, 0.3) is 10.8 Å². The van der Waals surface area contributed by atoms with Crippen molar-refractivity contribution >= 4 is 102 Å². The van der Waals surface area contributed by atoms with Gasteiger partial charge in [-0.1, -0.05) is 178 Å². The molecule has 386 valence electrons. The van der Waals surface area contributed by atoms with Crippen LogP contribution >= 0.6 is 0 Å². The third-order valence-electron chi connectivity index (χ3n) is 16.6. The van der Waals surface area contributed by atoms with E-state index in [9.17, 15) is 0 Å². The first-order chi connectivity index (χ1) is 37.8. The van der Waals surface area contributed by atoms with Crippen molar-refractivity contribution in [2.75, 3.05) is 19.6 Å². The SMILES string of the molecule is CC(C)c1ccc(N(c2ccc(C(C)C)cc2)c2ccc3c(c2)N(c2ccc(C(C)C)cc2)c2cccc4c2B3c2ccc(N(c3ccc(C(C)C)cc3)c3ccc(C(C)C)cc3)cc2N4c2ccc3ccccc3c2)cc1. The van der Waals surface area contributed by atoms with Crippen molar-refractivity contribution in [3.8, 4) is 0 Å². The highest BCUT2D eigenvalue weighted by Gasteiger charge is 2.44. The minimum Gasteiger partial charge on any atom is -0.311 e. The molecular formula is C73H71BN4. The molecule has 0 radical (unpaired) electrons. The van der Waals surface area contributed by atoms with Crippen molar-refractivity contribution in [3.63, 3.8) is 0 Å². The molecule has 4 nitrogen and oxygen atoms in total. The highest BCUT2D eigenvalue weighted by Crippen LogP contribution is 2.48. The Kier molecular flexibility index (Phi) is 13.3. The standard InChI is InChI=1S/C73H71BN4/c1-47(2)52-18-29-59(30-19-52)75(60-31-20-53(21-32-60)48(3)4)65-40-42-67-71(45-65)77(63-37-26-56(27-38-63)51(9)10)69-16-13-17-70-73(69)74(67)68-43-41-66(46-72(68)78(70)64-39-28-57-14-11-12-15-58(57)44-64)76(61-33-22-54(23-34-61)49(5)6)62-35-24-55(25-36-62)50(7)8/h11-51H,1-10H3. The summed E-state index contributed by atoms with van der Waals surface area (Å²) >= 11 is 0. The van der Waals surface area contributed by atoms with Gasteiger partial charge >= 0.3 is 0 Å². The molecule has 0 spiro atoms. The van der Waals surface area contributed by atoms with Crippen LogP contribution in [0.5, 0.6) is 0 Å². The Morgan fingerprint density at radius 1 is 0.282 bits per heavy atom. The zero-order chi connectivity index (χ0) is 53.9. The van der Waals surface area contributed by atoms with E-state index < -0.39 is 0 Å². The van der Waals surface area contributed by atoms with E-state index in [0.29, 0.717) is 29.6 Å². The van der Waals surface area contributed by atoms with Gasteiger partial charge in [0.2, 0.25) is 0 Å². The molecule has 10 aromatic carbocycles. The second kappa shape index (κ2) is 20.6. The van der Waals surface area contributed by atoms with Crippen LogP contribution in [-0.4, -0.2) is 6.71 Å². The molecule has 78 heavy (non-hydrogen) atoms. The molecule has 12 rings (SSSR count). The maximum atomic E-state index is 2.55. The van der Waals surface area contributed by atoms with E-state index in [4.69, 9.17) is 0 Å². The molecule has 0 atom stereocenters. The highest BCUT2D eigenvalue weighted by molar-refractivity contribution is 7.00. The fourth-order valence-electron chi connectivity index (χ4n) is 12.0. The molecule has 0 bridgehead atoms. The summed E-state index contributed by atoms with van der Waals surface area (Å²) in [6, 6.07) is 83.3. The van der Waals surface area contributed by atoms with E-state index in [2.05, 4.69) is 307 Å². The first kappa shape index (κ1) is 50.5. The molecule has 0 aliphatic carbocycles. The lowest BCUT2D eigenvalue weighted by Gasteiger charge is -2.44. The van der Waals surface area contributed by atoms with Crippen LogP contribution in [0.2, 0.25) is 0 Å². The number of nitrogens with zero attached hydrogens (tertiary/aromatic N) is 4. The average molecular weight is 1020 g/mol. The molecule has 0 saturated carbocycles. The van der Waals surface area contributed by atoms with Crippen molar-refractivity contribution in [1.82, 2.24) is 0 Å². The van der Waals surface area contributed by atoms with Crippen molar-refractivity contribution < 1.29 is 0 Å². The molecular weight excluding hydrogens is 944 g/mol. The second-order valence-corrected chi connectivity index (χ2v) is 23.2. The molecule has 0 amide bonds. The molecule has 2 aliphatic rings. The highest BCUT2D eigenvalue weighted by atomic mass is 15.2. The Labute approximate surface area is 464 Å². The van der Waals surface area contributed by atoms with Crippen LogP contribution < -0.4 is 36.0 Å². The van der Waals surface area contributed by atoms with Crippen LogP contribution in [0.4, 0.5) is 68.2 Å². The van der Waals surface area contributed by atoms with E-state index in [1.54, 1.807) is 0 Å². The minimum absolute atomic E-state index is 0.0691. The van der Waals surface area contributed by atoms with E-state index in [1.165, 1.54) is 77.7 Å². The zero-order valence-corrected chi connectivity index (χ0v) is 47.0. The topological polar surface area (TPSA) is 13.0 Å². The van der Waals surface area contributed by atoms with Crippen molar-refractivity contribution in [1.29, 1.82) is 0 Å². The van der Waals surface area contributed by atoms with Gasteiger partial charge in [-0.2, -0.15) is 0 Å². The number of rotatable bonds is 13. The van der Waals surface area contributed by atoms with Crippen molar-refractivity contribution in [2.45, 2.75) is 98.8 Å². The number of hydrogen-bond donors (Lipinski definition) is 0. The van der Waals surface area contributed by atoms with Crippen LogP contribution in [0.3, 0.4) is 0 Å². The molecule has 2 aliphatic heterocycles. The number of anilines is 12. The average Bonchev–Trinajstić information content (AvgIpc) is 3.42. The predicted octanol–water partition coefficient (Wildman–Crippen LogP) is 19.5. The summed E-state index contributed by atoms with van der Waals surface area (Å²) in [5, 5.41) is 2.44. The molecule has 5 heteroatoms. The Bertz CT molecular complexity index is 3680. The fraction of sp³-hybridized carbons (Fsp3) is 0.205. The monoisotopic (exact) mass is 1010 g/mol. The summed E-state index contributed by atoms with van der Waals surface area (Å²) in [5.41, 5.74) is 24.2. The van der Waals surface area contributed by atoms with Crippen molar-refractivity contribution in [2.24, 2.45) is 0 Å².